The summed E-state index contributed by atoms with van der Waals surface area (Å²) >= 11 is 0. The third-order valence-electron chi connectivity index (χ3n) is 3.93. The average molecular weight is 255 g/mol. The van der Waals surface area contributed by atoms with Crippen LogP contribution in [-0.4, -0.2) is 34.9 Å². The second-order valence-electron chi connectivity index (χ2n) is 5.19. The van der Waals surface area contributed by atoms with Crippen LogP contribution in [0.2, 0.25) is 0 Å². The molecule has 1 aliphatic carbocycles. The van der Waals surface area contributed by atoms with E-state index in [0.717, 1.165) is 25.7 Å². The monoisotopic (exact) mass is 255 g/mol. The maximum atomic E-state index is 12.4. The zero-order chi connectivity index (χ0) is 13.5. The predicted octanol–water partition coefficient (Wildman–Crippen LogP) is 1.94. The molecule has 1 amide bonds. The highest BCUT2D eigenvalue weighted by Crippen LogP contribution is 2.24. The maximum Gasteiger partial charge on any atom is 0.226 e. The van der Waals surface area contributed by atoms with Crippen LogP contribution in [-0.2, 0) is 4.79 Å². The molecule has 0 heterocycles. The van der Waals surface area contributed by atoms with Crippen molar-refractivity contribution in [3.05, 3.63) is 0 Å². The summed E-state index contributed by atoms with van der Waals surface area (Å²) in [6, 6.07) is -0.354. The van der Waals surface area contributed by atoms with E-state index >= 15 is 0 Å². The maximum absolute atomic E-state index is 12.4. The van der Waals surface area contributed by atoms with Gasteiger partial charge in [0, 0.05) is 13.0 Å². The summed E-state index contributed by atoms with van der Waals surface area (Å²) in [5, 5.41) is 11.6. The molecule has 0 aromatic carbocycles. The van der Waals surface area contributed by atoms with Gasteiger partial charge in [0.2, 0.25) is 5.91 Å². The third-order valence-corrected chi connectivity index (χ3v) is 3.93. The van der Waals surface area contributed by atoms with Gasteiger partial charge in [-0.2, -0.15) is 0 Å². The number of carbonyl (C=O) groups is 1. The SMILES string of the molecule is CC(C(N)=NO)N(C)C(=O)C1CCCCCCC1. The summed E-state index contributed by atoms with van der Waals surface area (Å²) in [7, 11) is 1.73. The Hall–Kier alpha value is -1.26. The van der Waals surface area contributed by atoms with Crippen LogP contribution in [0, 0.1) is 5.92 Å². The van der Waals surface area contributed by atoms with Gasteiger partial charge in [-0.25, -0.2) is 0 Å². The van der Waals surface area contributed by atoms with Gasteiger partial charge in [0.15, 0.2) is 5.84 Å². The van der Waals surface area contributed by atoms with E-state index in [1.54, 1.807) is 18.9 Å². The molecule has 1 saturated carbocycles. The zero-order valence-corrected chi connectivity index (χ0v) is 11.4. The van der Waals surface area contributed by atoms with Gasteiger partial charge >= 0.3 is 0 Å². The Balaban J connectivity index is 2.60. The molecule has 1 atom stereocenters. The molecule has 0 aromatic heterocycles. The highest BCUT2D eigenvalue weighted by atomic mass is 16.4. The van der Waals surface area contributed by atoms with Crippen molar-refractivity contribution in [2.75, 3.05) is 7.05 Å². The number of oxime groups is 1. The molecule has 0 saturated heterocycles. The Morgan fingerprint density at radius 3 is 2.28 bits per heavy atom. The fraction of sp³-hybridized carbons (Fsp3) is 0.846. The Bertz CT molecular complexity index is 297. The van der Waals surface area contributed by atoms with Crippen molar-refractivity contribution in [1.29, 1.82) is 0 Å². The number of rotatable bonds is 3. The van der Waals surface area contributed by atoms with Gasteiger partial charge in [-0.3, -0.25) is 4.79 Å². The van der Waals surface area contributed by atoms with E-state index in [9.17, 15) is 4.79 Å². The minimum Gasteiger partial charge on any atom is -0.409 e. The number of hydrogen-bond donors (Lipinski definition) is 2. The van der Waals surface area contributed by atoms with Crippen LogP contribution in [0.3, 0.4) is 0 Å². The van der Waals surface area contributed by atoms with E-state index in [-0.39, 0.29) is 23.7 Å². The van der Waals surface area contributed by atoms with Crippen molar-refractivity contribution >= 4 is 11.7 Å². The number of likely N-dealkylation sites (N-methyl/N-ethyl adjacent to an activating group) is 1. The molecule has 1 unspecified atom stereocenters. The van der Waals surface area contributed by atoms with Crippen molar-refractivity contribution in [2.24, 2.45) is 16.8 Å². The number of amides is 1. The zero-order valence-electron chi connectivity index (χ0n) is 11.4. The molecule has 18 heavy (non-hydrogen) atoms. The molecule has 1 rings (SSSR count). The van der Waals surface area contributed by atoms with Crippen LogP contribution in [0.5, 0.6) is 0 Å². The molecular weight excluding hydrogens is 230 g/mol. The van der Waals surface area contributed by atoms with E-state index < -0.39 is 0 Å². The number of nitrogens with zero attached hydrogens (tertiary/aromatic N) is 2. The fourth-order valence-electron chi connectivity index (χ4n) is 2.46. The third kappa shape index (κ3) is 3.89. The first-order valence-electron chi connectivity index (χ1n) is 6.82. The predicted molar refractivity (Wildman–Crippen MR) is 71.4 cm³/mol. The van der Waals surface area contributed by atoms with Gasteiger partial charge in [0.05, 0.1) is 6.04 Å². The molecule has 0 spiro atoms. The standard InChI is InChI=1S/C13H25N3O2/c1-10(12(14)15-18)16(2)13(17)11-8-6-4-3-5-7-9-11/h10-11,18H,3-9H2,1-2H3,(H2,14,15). The summed E-state index contributed by atoms with van der Waals surface area (Å²) in [4.78, 5) is 14.0. The lowest BCUT2D eigenvalue weighted by Crippen LogP contribution is -2.46. The highest BCUT2D eigenvalue weighted by Gasteiger charge is 2.26. The van der Waals surface area contributed by atoms with Gasteiger partial charge in [-0.05, 0) is 19.8 Å². The second kappa shape index (κ2) is 7.24. The first-order valence-corrected chi connectivity index (χ1v) is 6.82. The van der Waals surface area contributed by atoms with Crippen LogP contribution in [0.15, 0.2) is 5.16 Å². The Kier molecular flexibility index (Phi) is 5.95. The molecule has 0 radical (unpaired) electrons. The summed E-state index contributed by atoms with van der Waals surface area (Å²) in [6.07, 6.45) is 7.92. The van der Waals surface area contributed by atoms with Crippen molar-refractivity contribution in [3.63, 3.8) is 0 Å². The van der Waals surface area contributed by atoms with Crippen LogP contribution < -0.4 is 5.73 Å². The first-order chi connectivity index (χ1) is 8.57. The molecule has 0 aliphatic heterocycles. The molecule has 1 fully saturated rings. The molecular formula is C13H25N3O2. The summed E-state index contributed by atoms with van der Waals surface area (Å²) < 4.78 is 0. The molecule has 3 N–H and O–H groups in total. The second-order valence-corrected chi connectivity index (χ2v) is 5.19. The van der Waals surface area contributed by atoms with E-state index in [1.807, 2.05) is 0 Å². The number of nitrogens with two attached hydrogens (primary N) is 1. The van der Waals surface area contributed by atoms with Crippen molar-refractivity contribution in [3.8, 4) is 0 Å². The number of carbonyl (C=O) groups excluding carboxylic acids is 1. The molecule has 0 aromatic rings. The minimum absolute atomic E-state index is 0.0803. The lowest BCUT2D eigenvalue weighted by atomic mass is 9.90. The molecule has 104 valence electrons. The van der Waals surface area contributed by atoms with Crippen LogP contribution in [0.4, 0.5) is 0 Å². The minimum atomic E-state index is -0.354. The normalized spacial score (nSPS) is 20.9. The van der Waals surface area contributed by atoms with Crippen molar-refractivity contribution < 1.29 is 10.0 Å². The van der Waals surface area contributed by atoms with Gasteiger partial charge < -0.3 is 15.8 Å². The fourth-order valence-corrected chi connectivity index (χ4v) is 2.46. The summed E-state index contributed by atoms with van der Waals surface area (Å²) in [5.41, 5.74) is 5.55. The average Bonchev–Trinajstić information content (AvgIpc) is 2.35. The van der Waals surface area contributed by atoms with Crippen LogP contribution >= 0.6 is 0 Å². The topological polar surface area (TPSA) is 78.9 Å². The summed E-state index contributed by atoms with van der Waals surface area (Å²) in [5.74, 6) is 0.303. The molecule has 1 aliphatic rings. The summed E-state index contributed by atoms with van der Waals surface area (Å²) in [6.45, 7) is 1.77. The molecule has 5 nitrogen and oxygen atoms in total. The van der Waals surface area contributed by atoms with E-state index in [0.29, 0.717) is 0 Å². The van der Waals surface area contributed by atoms with Crippen LogP contribution in [0.25, 0.3) is 0 Å². The lowest BCUT2D eigenvalue weighted by molar-refractivity contribution is -0.135. The smallest absolute Gasteiger partial charge is 0.226 e. The molecule has 5 heteroatoms. The number of amidine groups is 1. The number of hydrogen-bond acceptors (Lipinski definition) is 3. The highest BCUT2D eigenvalue weighted by molar-refractivity contribution is 5.90. The Morgan fingerprint density at radius 1 is 1.28 bits per heavy atom. The van der Waals surface area contributed by atoms with E-state index in [2.05, 4.69) is 5.16 Å². The van der Waals surface area contributed by atoms with Gasteiger partial charge in [-0.1, -0.05) is 37.3 Å². The largest absolute Gasteiger partial charge is 0.409 e. The van der Waals surface area contributed by atoms with Crippen molar-refractivity contribution in [1.82, 2.24) is 4.90 Å². The molecule has 0 bridgehead atoms. The van der Waals surface area contributed by atoms with Gasteiger partial charge in [0.1, 0.15) is 0 Å². The quantitative estimate of drug-likeness (QED) is 0.350. The van der Waals surface area contributed by atoms with Crippen LogP contribution in [0.1, 0.15) is 51.9 Å². The van der Waals surface area contributed by atoms with Crippen molar-refractivity contribution in [2.45, 2.75) is 57.9 Å². The Labute approximate surface area is 109 Å². The lowest BCUT2D eigenvalue weighted by Gasteiger charge is -2.29. The first kappa shape index (κ1) is 14.8. The van der Waals surface area contributed by atoms with Gasteiger partial charge in [-0.15, -0.1) is 0 Å². The van der Waals surface area contributed by atoms with Gasteiger partial charge in [0.25, 0.3) is 0 Å². The van der Waals surface area contributed by atoms with E-state index in [1.165, 1.54) is 19.3 Å². The Morgan fingerprint density at radius 2 is 1.78 bits per heavy atom. The van der Waals surface area contributed by atoms with E-state index in [4.69, 9.17) is 10.9 Å².